The molecule has 18 heavy (non-hydrogen) atoms. The zero-order valence-corrected chi connectivity index (χ0v) is 9.96. The van der Waals surface area contributed by atoms with E-state index in [-0.39, 0.29) is 11.5 Å². The lowest BCUT2D eigenvalue weighted by Crippen LogP contribution is -2.02. The molecule has 0 aliphatic carbocycles. The van der Waals surface area contributed by atoms with Gasteiger partial charge in [0.2, 0.25) is 0 Å². The molecule has 0 atom stereocenters. The van der Waals surface area contributed by atoms with E-state index in [1.807, 2.05) is 6.92 Å². The summed E-state index contributed by atoms with van der Waals surface area (Å²) in [4.78, 5) is 10.3. The summed E-state index contributed by atoms with van der Waals surface area (Å²) >= 11 is 0. The van der Waals surface area contributed by atoms with E-state index in [0.29, 0.717) is 23.5 Å². The van der Waals surface area contributed by atoms with Gasteiger partial charge < -0.3 is 10.2 Å². The number of rotatable bonds is 4. The second-order valence-electron chi connectivity index (χ2n) is 3.77. The third-order valence-corrected chi connectivity index (χ3v) is 2.51. The summed E-state index contributed by atoms with van der Waals surface area (Å²) in [6.45, 7) is 1.91. The third kappa shape index (κ3) is 2.66. The molecule has 0 aliphatic heterocycles. The third-order valence-electron chi connectivity index (χ3n) is 2.51. The number of hydrogen-bond donors (Lipinski definition) is 2. The number of phenols is 2. The maximum atomic E-state index is 9.66. The lowest BCUT2D eigenvalue weighted by molar-refractivity contribution is -0.101. The van der Waals surface area contributed by atoms with E-state index in [2.05, 4.69) is 0 Å². The van der Waals surface area contributed by atoms with Crippen LogP contribution in [0.1, 0.15) is 12.5 Å². The molecule has 0 unspecified atom stereocenters. The number of benzene rings is 2. The summed E-state index contributed by atoms with van der Waals surface area (Å²) in [6.07, 6.45) is 0.630. The first kappa shape index (κ1) is 12.1. The molecule has 0 aromatic heterocycles. The quantitative estimate of drug-likeness (QED) is 0.643. The van der Waals surface area contributed by atoms with E-state index in [9.17, 15) is 10.2 Å². The molecular formula is C14H14O4. The normalized spacial score (nSPS) is 10.1. The summed E-state index contributed by atoms with van der Waals surface area (Å²) in [7, 11) is 0. The minimum absolute atomic E-state index is 0.0997. The van der Waals surface area contributed by atoms with Crippen LogP contribution >= 0.6 is 0 Å². The first-order valence-corrected chi connectivity index (χ1v) is 5.65. The van der Waals surface area contributed by atoms with E-state index in [1.165, 1.54) is 6.07 Å². The lowest BCUT2D eigenvalue weighted by atomic mass is 10.1. The Morgan fingerprint density at radius 1 is 1.00 bits per heavy atom. The minimum Gasteiger partial charge on any atom is -0.508 e. The molecule has 4 nitrogen and oxygen atoms in total. The Morgan fingerprint density at radius 2 is 1.78 bits per heavy atom. The topological polar surface area (TPSA) is 58.9 Å². The van der Waals surface area contributed by atoms with Crippen LogP contribution in [0, 0.1) is 0 Å². The average molecular weight is 246 g/mol. The molecule has 4 heteroatoms. The molecule has 0 saturated carbocycles. The molecule has 0 radical (unpaired) electrons. The van der Waals surface area contributed by atoms with Gasteiger partial charge in [0, 0.05) is 11.6 Å². The molecule has 2 rings (SSSR count). The van der Waals surface area contributed by atoms with Crippen LogP contribution in [0.5, 0.6) is 23.0 Å². The Kier molecular flexibility index (Phi) is 3.57. The highest BCUT2D eigenvalue weighted by Crippen LogP contribution is 2.28. The molecule has 0 amide bonds. The molecule has 0 spiro atoms. The van der Waals surface area contributed by atoms with Gasteiger partial charge in [0.1, 0.15) is 11.5 Å². The fourth-order valence-electron chi connectivity index (χ4n) is 1.62. The molecule has 94 valence electrons. The van der Waals surface area contributed by atoms with Gasteiger partial charge in [-0.15, -0.1) is 0 Å². The highest BCUT2D eigenvalue weighted by Gasteiger charge is 2.08. The first-order valence-electron chi connectivity index (χ1n) is 5.65. The second kappa shape index (κ2) is 5.31. The summed E-state index contributed by atoms with van der Waals surface area (Å²) in [5, 5.41) is 18.9. The Bertz CT molecular complexity index is 537. The van der Waals surface area contributed by atoms with Crippen LogP contribution in [0.25, 0.3) is 0 Å². The zero-order valence-electron chi connectivity index (χ0n) is 9.96. The van der Waals surface area contributed by atoms with E-state index in [0.717, 1.165) is 0 Å². The standard InChI is InChI=1S/C14H14O4/c1-2-12-13(16)7-4-8-14(12)18-17-11-6-3-5-10(15)9-11/h3-9,15-16H,2H2,1H3. The van der Waals surface area contributed by atoms with Gasteiger partial charge in [-0.25, -0.2) is 0 Å². The summed E-state index contributed by atoms with van der Waals surface area (Å²) in [5.74, 6) is 1.12. The second-order valence-corrected chi connectivity index (χ2v) is 3.77. The van der Waals surface area contributed by atoms with Crippen LogP contribution in [0.15, 0.2) is 42.5 Å². The minimum atomic E-state index is 0.0997. The Balaban J connectivity index is 2.13. The summed E-state index contributed by atoms with van der Waals surface area (Å²) < 4.78 is 0. The Labute approximate surface area is 105 Å². The molecular weight excluding hydrogens is 232 g/mol. The lowest BCUT2D eigenvalue weighted by Gasteiger charge is -2.10. The summed E-state index contributed by atoms with van der Waals surface area (Å²) in [5.41, 5.74) is 0.678. The van der Waals surface area contributed by atoms with E-state index >= 15 is 0 Å². The molecule has 0 fully saturated rings. The maximum absolute atomic E-state index is 9.66. The smallest absolute Gasteiger partial charge is 0.185 e. The van der Waals surface area contributed by atoms with Crippen molar-refractivity contribution in [2.75, 3.05) is 0 Å². The largest absolute Gasteiger partial charge is 0.508 e. The van der Waals surface area contributed by atoms with E-state index in [4.69, 9.17) is 9.78 Å². The van der Waals surface area contributed by atoms with Crippen LogP contribution in [0.3, 0.4) is 0 Å². The highest BCUT2D eigenvalue weighted by molar-refractivity contribution is 5.43. The van der Waals surface area contributed by atoms with Crippen molar-refractivity contribution in [1.82, 2.24) is 0 Å². The van der Waals surface area contributed by atoms with E-state index in [1.54, 1.807) is 36.4 Å². The molecule has 2 aromatic rings. The number of aromatic hydroxyl groups is 2. The van der Waals surface area contributed by atoms with Crippen molar-refractivity contribution in [2.24, 2.45) is 0 Å². The van der Waals surface area contributed by atoms with Crippen LogP contribution in [0.2, 0.25) is 0 Å². The monoisotopic (exact) mass is 246 g/mol. The van der Waals surface area contributed by atoms with Gasteiger partial charge in [0.05, 0.1) is 0 Å². The van der Waals surface area contributed by atoms with Crippen molar-refractivity contribution in [2.45, 2.75) is 13.3 Å². The van der Waals surface area contributed by atoms with Crippen LogP contribution in [0.4, 0.5) is 0 Å². The zero-order chi connectivity index (χ0) is 13.0. The first-order chi connectivity index (χ1) is 8.70. The van der Waals surface area contributed by atoms with E-state index < -0.39 is 0 Å². The predicted molar refractivity (Wildman–Crippen MR) is 66.8 cm³/mol. The van der Waals surface area contributed by atoms with Crippen molar-refractivity contribution in [3.63, 3.8) is 0 Å². The van der Waals surface area contributed by atoms with Gasteiger partial charge in [-0.3, -0.25) is 9.78 Å². The average Bonchev–Trinajstić information content (AvgIpc) is 2.36. The molecule has 0 bridgehead atoms. The van der Waals surface area contributed by atoms with Crippen molar-refractivity contribution in [3.05, 3.63) is 48.0 Å². The van der Waals surface area contributed by atoms with Gasteiger partial charge in [-0.1, -0.05) is 19.1 Å². The van der Waals surface area contributed by atoms with Gasteiger partial charge in [0.15, 0.2) is 11.5 Å². The summed E-state index contributed by atoms with van der Waals surface area (Å²) in [6, 6.07) is 11.3. The fraction of sp³-hybridized carbons (Fsp3) is 0.143. The van der Waals surface area contributed by atoms with Crippen LogP contribution in [-0.2, 0) is 6.42 Å². The Morgan fingerprint density at radius 3 is 2.50 bits per heavy atom. The fourth-order valence-corrected chi connectivity index (χ4v) is 1.62. The maximum Gasteiger partial charge on any atom is 0.185 e. The SMILES string of the molecule is CCc1c(O)cccc1OOc1cccc(O)c1. The van der Waals surface area contributed by atoms with Crippen molar-refractivity contribution in [3.8, 4) is 23.0 Å². The van der Waals surface area contributed by atoms with Gasteiger partial charge in [-0.05, 0) is 30.7 Å². The molecule has 2 aromatic carbocycles. The van der Waals surface area contributed by atoms with Crippen LogP contribution in [-0.4, -0.2) is 10.2 Å². The molecule has 0 saturated heterocycles. The van der Waals surface area contributed by atoms with Gasteiger partial charge in [-0.2, -0.15) is 0 Å². The molecule has 0 heterocycles. The van der Waals surface area contributed by atoms with Crippen molar-refractivity contribution >= 4 is 0 Å². The van der Waals surface area contributed by atoms with Gasteiger partial charge >= 0.3 is 0 Å². The van der Waals surface area contributed by atoms with Gasteiger partial charge in [0.25, 0.3) is 0 Å². The predicted octanol–water partition coefficient (Wildman–Crippen LogP) is 3.03. The number of hydrogen-bond acceptors (Lipinski definition) is 4. The highest BCUT2D eigenvalue weighted by atomic mass is 17.2. The van der Waals surface area contributed by atoms with Crippen LogP contribution < -0.4 is 9.78 Å². The molecule has 0 aliphatic rings. The van der Waals surface area contributed by atoms with Crippen molar-refractivity contribution < 1.29 is 20.0 Å². The molecule has 2 N–H and O–H groups in total. The number of phenolic OH excluding ortho intramolecular Hbond substituents is 2. The van der Waals surface area contributed by atoms with Crippen molar-refractivity contribution in [1.29, 1.82) is 0 Å². The Hall–Kier alpha value is -2.36.